The van der Waals surface area contributed by atoms with Crippen LogP contribution in [0.15, 0.2) is 66.0 Å². The first-order valence-electron chi connectivity index (χ1n) is 10.0. The Morgan fingerprint density at radius 3 is 2.56 bits per heavy atom. The summed E-state index contributed by atoms with van der Waals surface area (Å²) in [7, 11) is 1.61. The van der Waals surface area contributed by atoms with Gasteiger partial charge in [-0.25, -0.2) is 9.48 Å². The number of rotatable bonds is 8. The van der Waals surface area contributed by atoms with Gasteiger partial charge in [-0.3, -0.25) is 0 Å². The summed E-state index contributed by atoms with van der Waals surface area (Å²) in [6, 6.07) is 18.9. The van der Waals surface area contributed by atoms with Gasteiger partial charge in [0.1, 0.15) is 6.61 Å². The summed E-state index contributed by atoms with van der Waals surface area (Å²) in [5.41, 5.74) is 3.22. The summed E-state index contributed by atoms with van der Waals surface area (Å²) < 4.78 is 12.3. The number of ether oxygens (including phenoxy) is 2. The zero-order valence-electron chi connectivity index (χ0n) is 17.7. The second kappa shape index (κ2) is 10.1. The fourth-order valence-electron chi connectivity index (χ4n) is 3.00. The Labute approximate surface area is 189 Å². The van der Waals surface area contributed by atoms with E-state index in [0.717, 1.165) is 21.8 Å². The molecule has 0 aliphatic carbocycles. The standard InChI is InChI=1S/C23H23N5O3S/c1-16-6-3-4-7-19(16)25-22(29)24-17-9-11-18(12-10-17)28-21(20-8-5-15-32-20)26-23(27-28)31-14-13-30-2/h3-12,15H,13-14H2,1-2H3,(H2,24,25,29). The van der Waals surface area contributed by atoms with Crippen LogP contribution in [-0.4, -0.2) is 41.1 Å². The van der Waals surface area contributed by atoms with E-state index in [1.54, 1.807) is 23.1 Å². The molecule has 0 fully saturated rings. The number of carbonyl (C=O) groups excluding carboxylic acids is 1. The zero-order valence-corrected chi connectivity index (χ0v) is 18.6. The molecule has 0 saturated carbocycles. The molecule has 0 radical (unpaired) electrons. The number of nitrogens with one attached hydrogen (secondary N) is 2. The van der Waals surface area contributed by atoms with Crippen LogP contribution in [0.25, 0.3) is 16.4 Å². The molecule has 32 heavy (non-hydrogen) atoms. The molecule has 2 amide bonds. The smallest absolute Gasteiger partial charge is 0.336 e. The van der Waals surface area contributed by atoms with Gasteiger partial charge in [-0.05, 0) is 54.3 Å². The van der Waals surface area contributed by atoms with E-state index < -0.39 is 0 Å². The average molecular weight is 450 g/mol. The lowest BCUT2D eigenvalue weighted by molar-refractivity contribution is 0.141. The van der Waals surface area contributed by atoms with Gasteiger partial charge in [-0.15, -0.1) is 16.4 Å². The first-order valence-corrected chi connectivity index (χ1v) is 10.9. The number of nitrogens with zero attached hydrogens (tertiary/aromatic N) is 3. The van der Waals surface area contributed by atoms with Crippen molar-refractivity contribution >= 4 is 28.7 Å². The van der Waals surface area contributed by atoms with Gasteiger partial charge in [-0.1, -0.05) is 24.3 Å². The van der Waals surface area contributed by atoms with E-state index >= 15 is 0 Å². The van der Waals surface area contributed by atoms with E-state index in [1.165, 1.54) is 0 Å². The van der Waals surface area contributed by atoms with Crippen LogP contribution < -0.4 is 15.4 Å². The molecule has 2 heterocycles. The first-order chi connectivity index (χ1) is 15.6. The fourth-order valence-corrected chi connectivity index (χ4v) is 3.70. The summed E-state index contributed by atoms with van der Waals surface area (Å²) in [4.78, 5) is 17.9. The topological polar surface area (TPSA) is 90.3 Å². The molecule has 0 saturated heterocycles. The van der Waals surface area contributed by atoms with Crippen molar-refractivity contribution in [3.8, 4) is 22.4 Å². The number of amides is 2. The molecular formula is C23H23N5O3S. The summed E-state index contributed by atoms with van der Waals surface area (Å²) in [5, 5.41) is 12.2. The van der Waals surface area contributed by atoms with E-state index in [2.05, 4.69) is 20.7 Å². The minimum Gasteiger partial charge on any atom is -0.460 e. The second-order valence-corrected chi connectivity index (χ2v) is 7.84. The lowest BCUT2D eigenvalue weighted by Crippen LogP contribution is -2.19. The summed E-state index contributed by atoms with van der Waals surface area (Å²) in [5.74, 6) is 0.686. The number of hydrogen-bond acceptors (Lipinski definition) is 6. The van der Waals surface area contributed by atoms with Crippen LogP contribution in [0.4, 0.5) is 16.2 Å². The molecule has 2 aromatic carbocycles. The molecular weight excluding hydrogens is 426 g/mol. The summed E-state index contributed by atoms with van der Waals surface area (Å²) in [6.45, 7) is 2.76. The van der Waals surface area contributed by atoms with Gasteiger partial charge in [0.2, 0.25) is 0 Å². The van der Waals surface area contributed by atoms with E-state index in [4.69, 9.17) is 9.47 Å². The molecule has 2 aromatic heterocycles. The Morgan fingerprint density at radius 2 is 1.84 bits per heavy atom. The predicted octanol–water partition coefficient (Wildman–Crippen LogP) is 4.97. The number of aromatic nitrogens is 3. The molecule has 8 nitrogen and oxygen atoms in total. The minimum absolute atomic E-state index is 0.283. The van der Waals surface area contributed by atoms with E-state index in [0.29, 0.717) is 24.7 Å². The zero-order chi connectivity index (χ0) is 22.3. The van der Waals surface area contributed by atoms with Crippen LogP contribution in [-0.2, 0) is 4.74 Å². The van der Waals surface area contributed by atoms with Crippen molar-refractivity contribution in [2.45, 2.75) is 6.92 Å². The number of carbonyl (C=O) groups is 1. The van der Waals surface area contributed by atoms with Crippen molar-refractivity contribution in [3.05, 3.63) is 71.6 Å². The van der Waals surface area contributed by atoms with E-state index in [1.807, 2.05) is 73.0 Å². The third-order valence-corrected chi connectivity index (χ3v) is 5.48. The third kappa shape index (κ3) is 5.13. The molecule has 0 atom stereocenters. The molecule has 9 heteroatoms. The van der Waals surface area contributed by atoms with Crippen LogP contribution in [0.3, 0.4) is 0 Å². The van der Waals surface area contributed by atoms with Crippen LogP contribution in [0.2, 0.25) is 0 Å². The number of urea groups is 1. The maximum Gasteiger partial charge on any atom is 0.336 e. The maximum absolute atomic E-state index is 12.4. The second-order valence-electron chi connectivity index (χ2n) is 6.89. The molecule has 4 aromatic rings. The average Bonchev–Trinajstić information content (AvgIpc) is 3.46. The number of thiophene rings is 1. The lowest BCUT2D eigenvalue weighted by atomic mass is 10.2. The van der Waals surface area contributed by atoms with Gasteiger partial charge in [-0.2, -0.15) is 4.98 Å². The van der Waals surface area contributed by atoms with E-state index in [9.17, 15) is 4.79 Å². The number of methoxy groups -OCH3 is 1. The van der Waals surface area contributed by atoms with Crippen LogP contribution in [0.5, 0.6) is 6.01 Å². The molecule has 0 bridgehead atoms. The Hall–Kier alpha value is -3.69. The normalized spacial score (nSPS) is 10.7. The van der Waals surface area contributed by atoms with Gasteiger partial charge in [0.15, 0.2) is 5.82 Å². The van der Waals surface area contributed by atoms with Gasteiger partial charge in [0.25, 0.3) is 0 Å². The third-order valence-electron chi connectivity index (χ3n) is 4.61. The van der Waals surface area contributed by atoms with Crippen molar-refractivity contribution in [1.82, 2.24) is 14.8 Å². The Kier molecular flexibility index (Phi) is 6.78. The monoisotopic (exact) mass is 449 g/mol. The highest BCUT2D eigenvalue weighted by Gasteiger charge is 2.16. The van der Waals surface area contributed by atoms with Gasteiger partial charge in [0.05, 0.1) is 17.2 Å². The minimum atomic E-state index is -0.305. The highest BCUT2D eigenvalue weighted by molar-refractivity contribution is 7.13. The van der Waals surface area contributed by atoms with Crippen LogP contribution in [0, 0.1) is 6.92 Å². The maximum atomic E-state index is 12.4. The van der Waals surface area contributed by atoms with Crippen molar-refractivity contribution in [2.24, 2.45) is 0 Å². The van der Waals surface area contributed by atoms with Crippen molar-refractivity contribution < 1.29 is 14.3 Å². The predicted molar refractivity (Wildman–Crippen MR) is 126 cm³/mol. The van der Waals surface area contributed by atoms with Crippen molar-refractivity contribution in [1.29, 1.82) is 0 Å². The Balaban J connectivity index is 1.50. The molecule has 0 unspecified atom stereocenters. The fraction of sp³-hybridized carbons (Fsp3) is 0.174. The van der Waals surface area contributed by atoms with Gasteiger partial charge >= 0.3 is 12.0 Å². The SMILES string of the molecule is COCCOc1nc(-c2cccs2)n(-c2ccc(NC(=O)Nc3ccccc3C)cc2)n1. The number of para-hydroxylation sites is 1. The lowest BCUT2D eigenvalue weighted by Gasteiger charge is -2.10. The molecule has 0 aliphatic heterocycles. The number of benzene rings is 2. The molecule has 164 valence electrons. The molecule has 0 spiro atoms. The highest BCUT2D eigenvalue weighted by atomic mass is 32.1. The summed E-state index contributed by atoms with van der Waals surface area (Å²) >= 11 is 1.57. The Bertz CT molecular complexity index is 1170. The number of anilines is 2. The van der Waals surface area contributed by atoms with Crippen LogP contribution in [0.1, 0.15) is 5.56 Å². The molecule has 0 aliphatic rings. The van der Waals surface area contributed by atoms with Crippen LogP contribution >= 0.6 is 11.3 Å². The van der Waals surface area contributed by atoms with Gasteiger partial charge < -0.3 is 20.1 Å². The van der Waals surface area contributed by atoms with Crippen molar-refractivity contribution in [2.75, 3.05) is 31.0 Å². The first kappa shape index (κ1) is 21.5. The Morgan fingerprint density at radius 1 is 1.03 bits per heavy atom. The largest absolute Gasteiger partial charge is 0.460 e. The number of aryl methyl sites for hydroxylation is 1. The van der Waals surface area contributed by atoms with Crippen molar-refractivity contribution in [3.63, 3.8) is 0 Å². The highest BCUT2D eigenvalue weighted by Crippen LogP contribution is 2.27. The molecule has 2 N–H and O–H groups in total. The number of hydrogen-bond donors (Lipinski definition) is 2. The summed E-state index contributed by atoms with van der Waals surface area (Å²) in [6.07, 6.45) is 0. The van der Waals surface area contributed by atoms with E-state index in [-0.39, 0.29) is 12.0 Å². The molecule has 4 rings (SSSR count). The van der Waals surface area contributed by atoms with Gasteiger partial charge in [0, 0.05) is 18.5 Å². The quantitative estimate of drug-likeness (QED) is 0.371.